The van der Waals surface area contributed by atoms with Crippen molar-refractivity contribution in [2.75, 3.05) is 13.7 Å². The fraction of sp³-hybridized carbons (Fsp3) is 0.333. The molecule has 0 heterocycles. The number of carbonyl (C=O) groups is 1. The maximum Gasteiger partial charge on any atom is 0.305 e. The molecule has 0 aliphatic rings. The number of benzene rings is 1. The summed E-state index contributed by atoms with van der Waals surface area (Å²) >= 11 is 10.9. The van der Waals surface area contributed by atoms with E-state index in [2.05, 4.69) is 4.74 Å². The molecule has 0 aromatic heterocycles. The molecule has 0 bridgehead atoms. The van der Waals surface area contributed by atoms with Crippen LogP contribution in [0.3, 0.4) is 0 Å². The summed E-state index contributed by atoms with van der Waals surface area (Å²) in [4.78, 5) is 11.1. The summed E-state index contributed by atoms with van der Waals surface area (Å²) in [5, 5.41) is 0.452. The molecule has 0 radical (unpaired) electrons. The van der Waals surface area contributed by atoms with Gasteiger partial charge >= 0.3 is 5.97 Å². The minimum atomic E-state index is -0.265. The molecule has 0 fully saturated rings. The summed E-state index contributed by atoms with van der Waals surface area (Å²) in [5.41, 5.74) is 6.10. The Morgan fingerprint density at radius 3 is 2.83 bits per heavy atom. The molecule has 1 rings (SSSR count). The Morgan fingerprint density at radius 2 is 2.22 bits per heavy atom. The van der Waals surface area contributed by atoms with Crippen molar-refractivity contribution in [3.8, 4) is 5.75 Å². The number of rotatable bonds is 6. The fourth-order valence-electron chi connectivity index (χ4n) is 1.36. The van der Waals surface area contributed by atoms with Gasteiger partial charge in [-0.3, -0.25) is 4.79 Å². The van der Waals surface area contributed by atoms with E-state index in [1.165, 1.54) is 7.11 Å². The Bertz CT molecular complexity index is 451. The third-order valence-corrected chi connectivity index (χ3v) is 2.75. The number of esters is 1. The van der Waals surface area contributed by atoms with Crippen molar-refractivity contribution >= 4 is 34.8 Å². The average molecular weight is 288 g/mol. The minimum absolute atomic E-state index is 0.184. The number of carbonyl (C=O) groups excluding carboxylic acids is 1. The Kier molecular flexibility index (Phi) is 5.88. The van der Waals surface area contributed by atoms with E-state index in [4.69, 9.17) is 34.3 Å². The van der Waals surface area contributed by atoms with Crippen LogP contribution in [-0.2, 0) is 9.53 Å². The third kappa shape index (κ3) is 4.16. The van der Waals surface area contributed by atoms with Crippen LogP contribution in [0, 0.1) is 0 Å². The van der Waals surface area contributed by atoms with E-state index >= 15 is 0 Å². The van der Waals surface area contributed by atoms with E-state index in [0.29, 0.717) is 35.8 Å². The zero-order chi connectivity index (χ0) is 13.5. The number of ether oxygens (including phenoxy) is 2. The quantitative estimate of drug-likeness (QED) is 0.494. The fourth-order valence-corrected chi connectivity index (χ4v) is 1.90. The van der Waals surface area contributed by atoms with Crippen LogP contribution >= 0.6 is 23.8 Å². The molecule has 0 spiro atoms. The average Bonchev–Trinajstić information content (AvgIpc) is 2.33. The van der Waals surface area contributed by atoms with Crippen LogP contribution in [-0.4, -0.2) is 24.7 Å². The Morgan fingerprint density at radius 1 is 1.50 bits per heavy atom. The van der Waals surface area contributed by atoms with Crippen molar-refractivity contribution in [2.24, 2.45) is 5.73 Å². The number of hydrogen-bond acceptors (Lipinski definition) is 4. The summed E-state index contributed by atoms with van der Waals surface area (Å²) < 4.78 is 10.0. The van der Waals surface area contributed by atoms with Gasteiger partial charge in [0.25, 0.3) is 0 Å². The lowest BCUT2D eigenvalue weighted by Gasteiger charge is -2.11. The molecule has 18 heavy (non-hydrogen) atoms. The second-order valence-corrected chi connectivity index (χ2v) is 4.35. The standard InChI is InChI=1S/C12H14ClNO3S/c1-16-10(15)6-3-7-17-9-5-2-4-8(13)11(9)12(14)18/h2,4-5H,3,6-7H2,1H3,(H2,14,18). The molecule has 1 aromatic carbocycles. The number of halogens is 1. The number of methoxy groups -OCH3 is 1. The molecule has 0 atom stereocenters. The van der Waals surface area contributed by atoms with Gasteiger partial charge in [0.15, 0.2) is 0 Å². The second-order valence-electron chi connectivity index (χ2n) is 3.51. The molecule has 0 saturated carbocycles. The van der Waals surface area contributed by atoms with E-state index in [1.807, 2.05) is 0 Å². The predicted molar refractivity (Wildman–Crippen MR) is 74.1 cm³/mol. The molecule has 0 amide bonds. The molecule has 6 heteroatoms. The maximum absolute atomic E-state index is 10.9. The Balaban J connectivity index is 2.60. The first kappa shape index (κ1) is 14.7. The smallest absolute Gasteiger partial charge is 0.305 e. The van der Waals surface area contributed by atoms with Crippen molar-refractivity contribution in [1.82, 2.24) is 0 Å². The highest BCUT2D eigenvalue weighted by Gasteiger charge is 2.11. The molecule has 2 N–H and O–H groups in total. The summed E-state index contributed by atoms with van der Waals surface area (Å²) in [5.74, 6) is 0.263. The Hall–Kier alpha value is -1.33. The van der Waals surface area contributed by atoms with Gasteiger partial charge in [-0.1, -0.05) is 29.9 Å². The SMILES string of the molecule is COC(=O)CCCOc1cccc(Cl)c1C(N)=S. The van der Waals surface area contributed by atoms with Crippen molar-refractivity contribution in [2.45, 2.75) is 12.8 Å². The summed E-state index contributed by atoms with van der Waals surface area (Å²) in [6.07, 6.45) is 0.857. The second kappa shape index (κ2) is 7.18. The molecular weight excluding hydrogens is 274 g/mol. The Labute approximate surface area is 116 Å². The molecule has 4 nitrogen and oxygen atoms in total. The van der Waals surface area contributed by atoms with E-state index in [1.54, 1.807) is 18.2 Å². The summed E-state index contributed by atoms with van der Waals surface area (Å²) in [6.45, 7) is 0.366. The van der Waals surface area contributed by atoms with E-state index in [9.17, 15) is 4.79 Å². The van der Waals surface area contributed by atoms with Crippen LogP contribution in [0.5, 0.6) is 5.75 Å². The highest BCUT2D eigenvalue weighted by molar-refractivity contribution is 7.80. The lowest BCUT2D eigenvalue weighted by atomic mass is 10.2. The first-order chi connectivity index (χ1) is 8.56. The molecule has 0 aliphatic heterocycles. The van der Waals surface area contributed by atoms with E-state index < -0.39 is 0 Å². The van der Waals surface area contributed by atoms with E-state index in [-0.39, 0.29) is 11.0 Å². The minimum Gasteiger partial charge on any atom is -0.493 e. The van der Waals surface area contributed by atoms with Gasteiger partial charge in [-0.15, -0.1) is 0 Å². The zero-order valence-corrected chi connectivity index (χ0v) is 11.5. The van der Waals surface area contributed by atoms with Gasteiger partial charge in [0.1, 0.15) is 10.7 Å². The molecule has 0 saturated heterocycles. The monoisotopic (exact) mass is 287 g/mol. The van der Waals surface area contributed by atoms with Crippen molar-refractivity contribution < 1.29 is 14.3 Å². The molecule has 1 aromatic rings. The zero-order valence-electron chi connectivity index (χ0n) is 9.94. The molecular formula is C12H14ClNO3S. The topological polar surface area (TPSA) is 61.5 Å². The largest absolute Gasteiger partial charge is 0.493 e. The van der Waals surface area contributed by atoms with Crippen molar-refractivity contribution in [3.05, 3.63) is 28.8 Å². The third-order valence-electron chi connectivity index (χ3n) is 2.23. The number of nitrogens with two attached hydrogens (primary N) is 1. The molecule has 0 aliphatic carbocycles. The van der Waals surface area contributed by atoms with Crippen LogP contribution in [0.4, 0.5) is 0 Å². The van der Waals surface area contributed by atoms with Gasteiger partial charge < -0.3 is 15.2 Å². The lowest BCUT2D eigenvalue weighted by Crippen LogP contribution is -2.13. The molecule has 0 unspecified atom stereocenters. The van der Waals surface area contributed by atoms with Gasteiger partial charge in [0.2, 0.25) is 0 Å². The number of hydrogen-bond donors (Lipinski definition) is 1. The van der Waals surface area contributed by atoms with Gasteiger partial charge in [-0.2, -0.15) is 0 Å². The highest BCUT2D eigenvalue weighted by atomic mass is 35.5. The van der Waals surface area contributed by atoms with Gasteiger partial charge in [-0.25, -0.2) is 0 Å². The lowest BCUT2D eigenvalue weighted by molar-refractivity contribution is -0.140. The van der Waals surface area contributed by atoms with Gasteiger partial charge in [0, 0.05) is 6.42 Å². The predicted octanol–water partition coefficient (Wildman–Crippen LogP) is 2.31. The number of thiocarbonyl (C=S) groups is 1. The summed E-state index contributed by atoms with van der Waals surface area (Å²) in [6, 6.07) is 5.18. The van der Waals surface area contributed by atoms with Crippen molar-refractivity contribution in [1.29, 1.82) is 0 Å². The van der Waals surface area contributed by atoms with Crippen LogP contribution < -0.4 is 10.5 Å². The first-order valence-electron chi connectivity index (χ1n) is 5.34. The summed E-state index contributed by atoms with van der Waals surface area (Å²) in [7, 11) is 1.35. The van der Waals surface area contributed by atoms with Crippen molar-refractivity contribution in [3.63, 3.8) is 0 Å². The van der Waals surface area contributed by atoms with Crippen LogP contribution in [0.1, 0.15) is 18.4 Å². The maximum atomic E-state index is 10.9. The van der Waals surface area contributed by atoms with Crippen LogP contribution in [0.25, 0.3) is 0 Å². The molecule has 98 valence electrons. The van der Waals surface area contributed by atoms with Crippen LogP contribution in [0.2, 0.25) is 5.02 Å². The normalized spacial score (nSPS) is 9.89. The van der Waals surface area contributed by atoms with Gasteiger partial charge in [0.05, 0.1) is 24.3 Å². The van der Waals surface area contributed by atoms with Gasteiger partial charge in [-0.05, 0) is 18.6 Å². The van der Waals surface area contributed by atoms with E-state index in [0.717, 1.165) is 0 Å². The highest BCUT2D eigenvalue weighted by Crippen LogP contribution is 2.26. The van der Waals surface area contributed by atoms with Crippen LogP contribution in [0.15, 0.2) is 18.2 Å². The first-order valence-corrected chi connectivity index (χ1v) is 6.12.